The maximum absolute atomic E-state index is 5.60. The van der Waals surface area contributed by atoms with Crippen molar-refractivity contribution in [1.82, 2.24) is 0 Å². The van der Waals surface area contributed by atoms with Crippen molar-refractivity contribution in [2.24, 2.45) is 0 Å². The van der Waals surface area contributed by atoms with Crippen LogP contribution in [0.1, 0.15) is 6.92 Å². The van der Waals surface area contributed by atoms with Gasteiger partial charge in [0.1, 0.15) is 0 Å². The molecule has 0 aliphatic heterocycles. The molecule has 0 fully saturated rings. The Labute approximate surface area is 61.5 Å². The van der Waals surface area contributed by atoms with E-state index in [1.54, 1.807) is 0 Å². The van der Waals surface area contributed by atoms with E-state index < -0.39 is 8.32 Å². The average Bonchev–Trinajstić information content (AvgIpc) is 1.64. The fourth-order valence-electron chi connectivity index (χ4n) is 0.811. The number of hydrogen-bond donors (Lipinski definition) is 0. The molecule has 0 N–H and O–H groups in total. The number of hydrogen-bond acceptors (Lipinski definition) is 1. The lowest BCUT2D eigenvalue weighted by Crippen LogP contribution is -2.30. The molecule has 0 rings (SSSR count). The third kappa shape index (κ3) is 5.07. The van der Waals surface area contributed by atoms with E-state index >= 15 is 0 Å². The SMILES string of the molecule is CCO[Si](C)(C)CCP. The van der Waals surface area contributed by atoms with Crippen LogP contribution >= 0.6 is 9.24 Å². The van der Waals surface area contributed by atoms with Crippen molar-refractivity contribution in [1.29, 1.82) is 0 Å². The maximum atomic E-state index is 5.60. The maximum Gasteiger partial charge on any atom is 0.187 e. The van der Waals surface area contributed by atoms with Crippen LogP contribution in [0.4, 0.5) is 0 Å². The Kier molecular flexibility index (Phi) is 4.73. The van der Waals surface area contributed by atoms with Gasteiger partial charge in [0, 0.05) is 6.61 Å². The smallest absolute Gasteiger partial charge is 0.187 e. The van der Waals surface area contributed by atoms with Crippen molar-refractivity contribution in [3.05, 3.63) is 0 Å². The molecule has 1 atom stereocenters. The van der Waals surface area contributed by atoms with Gasteiger partial charge in [-0.3, -0.25) is 0 Å². The van der Waals surface area contributed by atoms with E-state index in [0.29, 0.717) is 0 Å². The Morgan fingerprint density at radius 2 is 2.00 bits per heavy atom. The second-order valence-electron chi connectivity index (χ2n) is 2.73. The van der Waals surface area contributed by atoms with Crippen LogP contribution in [0, 0.1) is 0 Å². The summed E-state index contributed by atoms with van der Waals surface area (Å²) in [6.45, 7) is 7.47. The molecule has 0 saturated carbocycles. The Hall–Kier alpha value is 0.607. The monoisotopic (exact) mass is 164 g/mol. The second kappa shape index (κ2) is 4.43. The highest BCUT2D eigenvalue weighted by Gasteiger charge is 2.19. The normalized spacial score (nSPS) is 12.0. The fraction of sp³-hybridized carbons (Fsp3) is 1.00. The summed E-state index contributed by atoms with van der Waals surface area (Å²) in [7, 11) is 1.52. The first kappa shape index (κ1) is 9.61. The van der Waals surface area contributed by atoms with Gasteiger partial charge in [0.2, 0.25) is 0 Å². The van der Waals surface area contributed by atoms with Crippen molar-refractivity contribution in [3.63, 3.8) is 0 Å². The quantitative estimate of drug-likeness (QED) is 0.457. The first-order valence-corrected chi connectivity index (χ1v) is 7.39. The van der Waals surface area contributed by atoms with Crippen molar-refractivity contribution < 1.29 is 4.43 Å². The Morgan fingerprint density at radius 3 is 2.33 bits per heavy atom. The molecule has 0 heterocycles. The molecule has 1 nitrogen and oxygen atoms in total. The molecule has 0 aromatic heterocycles. The Morgan fingerprint density at radius 1 is 1.44 bits per heavy atom. The second-order valence-corrected chi connectivity index (χ2v) is 7.62. The third-order valence-electron chi connectivity index (χ3n) is 1.28. The van der Waals surface area contributed by atoms with E-state index in [0.717, 1.165) is 6.61 Å². The lowest BCUT2D eigenvalue weighted by Gasteiger charge is -2.20. The van der Waals surface area contributed by atoms with Crippen LogP contribution in [0.5, 0.6) is 0 Å². The van der Waals surface area contributed by atoms with E-state index in [2.05, 4.69) is 29.3 Å². The first-order chi connectivity index (χ1) is 4.12. The minimum atomic E-state index is -1.22. The fourth-order valence-corrected chi connectivity index (χ4v) is 4.52. The van der Waals surface area contributed by atoms with Gasteiger partial charge in [0.25, 0.3) is 0 Å². The van der Waals surface area contributed by atoms with Crippen molar-refractivity contribution in [3.8, 4) is 0 Å². The molecule has 0 amide bonds. The summed E-state index contributed by atoms with van der Waals surface area (Å²) in [4.78, 5) is 0. The zero-order valence-corrected chi connectivity index (χ0v) is 8.76. The summed E-state index contributed by atoms with van der Waals surface area (Å²) < 4.78 is 5.60. The van der Waals surface area contributed by atoms with Gasteiger partial charge in [-0.15, -0.1) is 9.24 Å². The largest absolute Gasteiger partial charge is 0.418 e. The summed E-state index contributed by atoms with van der Waals surface area (Å²) in [6, 6.07) is 1.26. The predicted molar refractivity (Wildman–Crippen MR) is 48.5 cm³/mol. The highest BCUT2D eigenvalue weighted by atomic mass is 31.0. The van der Waals surface area contributed by atoms with Gasteiger partial charge in [0.15, 0.2) is 8.32 Å². The molecule has 0 radical (unpaired) electrons. The molecule has 3 heteroatoms. The standard InChI is InChI=1S/C6H17OPSi/c1-4-7-9(2,3)6-5-8/h4-6,8H2,1-3H3. The van der Waals surface area contributed by atoms with Gasteiger partial charge in [0.05, 0.1) is 0 Å². The predicted octanol–water partition coefficient (Wildman–Crippen LogP) is 2.10. The van der Waals surface area contributed by atoms with Crippen LogP contribution in [0.2, 0.25) is 19.1 Å². The van der Waals surface area contributed by atoms with Gasteiger partial charge >= 0.3 is 0 Å². The Balaban J connectivity index is 3.43. The van der Waals surface area contributed by atoms with E-state index in [1.807, 2.05) is 0 Å². The summed E-state index contributed by atoms with van der Waals surface area (Å²) >= 11 is 0. The molecule has 0 aliphatic carbocycles. The first-order valence-electron chi connectivity index (χ1n) is 3.46. The molecule has 1 unspecified atom stereocenters. The number of rotatable bonds is 4. The van der Waals surface area contributed by atoms with Gasteiger partial charge < -0.3 is 4.43 Å². The van der Waals surface area contributed by atoms with Gasteiger partial charge in [-0.25, -0.2) is 0 Å². The van der Waals surface area contributed by atoms with Crippen LogP contribution in [-0.4, -0.2) is 21.1 Å². The van der Waals surface area contributed by atoms with Crippen molar-refractivity contribution >= 4 is 17.6 Å². The van der Waals surface area contributed by atoms with Crippen LogP contribution in [0.25, 0.3) is 0 Å². The lowest BCUT2D eigenvalue weighted by atomic mass is 10.9. The summed E-state index contributed by atoms with van der Waals surface area (Å²) in [5.74, 6) is 0. The van der Waals surface area contributed by atoms with E-state index in [-0.39, 0.29) is 0 Å². The van der Waals surface area contributed by atoms with Crippen LogP contribution in [-0.2, 0) is 4.43 Å². The van der Waals surface area contributed by atoms with Crippen LogP contribution < -0.4 is 0 Å². The van der Waals surface area contributed by atoms with E-state index in [9.17, 15) is 0 Å². The lowest BCUT2D eigenvalue weighted by molar-refractivity contribution is 0.330. The minimum Gasteiger partial charge on any atom is -0.418 e. The summed E-state index contributed by atoms with van der Waals surface area (Å²) in [6.07, 6.45) is 1.18. The Bertz CT molecular complexity index is 67.5. The van der Waals surface area contributed by atoms with Crippen molar-refractivity contribution in [2.75, 3.05) is 12.8 Å². The van der Waals surface area contributed by atoms with E-state index in [1.165, 1.54) is 12.2 Å². The molecule has 0 aromatic carbocycles. The van der Waals surface area contributed by atoms with Crippen LogP contribution in [0.15, 0.2) is 0 Å². The van der Waals surface area contributed by atoms with Gasteiger partial charge in [-0.2, -0.15) is 0 Å². The molecule has 0 spiro atoms. The zero-order valence-electron chi connectivity index (χ0n) is 6.61. The zero-order chi connectivity index (χ0) is 7.33. The molecular formula is C6H17OPSi. The minimum absolute atomic E-state index is 0.879. The van der Waals surface area contributed by atoms with Gasteiger partial charge in [-0.1, -0.05) is 0 Å². The van der Waals surface area contributed by atoms with Crippen molar-refractivity contribution in [2.45, 2.75) is 26.1 Å². The molecular weight excluding hydrogens is 147 g/mol. The molecule has 0 saturated heterocycles. The molecule has 56 valence electrons. The highest BCUT2D eigenvalue weighted by molar-refractivity contribution is 7.16. The molecule has 0 aliphatic rings. The van der Waals surface area contributed by atoms with Gasteiger partial charge in [-0.05, 0) is 32.2 Å². The van der Waals surface area contributed by atoms with Crippen LogP contribution in [0.3, 0.4) is 0 Å². The van der Waals surface area contributed by atoms with E-state index in [4.69, 9.17) is 4.43 Å². The summed E-state index contributed by atoms with van der Waals surface area (Å²) in [5.41, 5.74) is 0. The summed E-state index contributed by atoms with van der Waals surface area (Å²) in [5, 5.41) is 0. The third-order valence-corrected chi connectivity index (χ3v) is 4.71. The molecule has 0 bridgehead atoms. The highest BCUT2D eigenvalue weighted by Crippen LogP contribution is 2.11. The molecule has 9 heavy (non-hydrogen) atoms. The topological polar surface area (TPSA) is 9.23 Å². The molecule has 0 aromatic rings. The average molecular weight is 164 g/mol.